The van der Waals surface area contributed by atoms with E-state index in [4.69, 9.17) is 16.0 Å². The molecule has 1 N–H and O–H groups in total. The van der Waals surface area contributed by atoms with Crippen LogP contribution in [0.2, 0.25) is 5.02 Å². The first-order valence-electron chi connectivity index (χ1n) is 8.57. The van der Waals surface area contributed by atoms with E-state index in [1.165, 1.54) is 0 Å². The summed E-state index contributed by atoms with van der Waals surface area (Å²) in [5, 5.41) is 7.66. The highest BCUT2D eigenvalue weighted by atomic mass is 35.5. The lowest BCUT2D eigenvalue weighted by molar-refractivity contribution is 0.0952. The number of carbonyl (C=O) groups is 1. The van der Waals surface area contributed by atoms with Gasteiger partial charge in [-0.15, -0.1) is 0 Å². The van der Waals surface area contributed by atoms with E-state index in [0.717, 1.165) is 11.1 Å². The van der Waals surface area contributed by atoms with Crippen molar-refractivity contribution in [1.29, 1.82) is 0 Å². The van der Waals surface area contributed by atoms with Crippen LogP contribution in [-0.2, 0) is 13.0 Å². The lowest BCUT2D eigenvalue weighted by atomic mass is 10.1. The van der Waals surface area contributed by atoms with Crippen LogP contribution >= 0.6 is 11.6 Å². The van der Waals surface area contributed by atoms with Gasteiger partial charge in [-0.2, -0.15) is 5.10 Å². The quantitative estimate of drug-likeness (QED) is 0.553. The van der Waals surface area contributed by atoms with E-state index < -0.39 is 0 Å². The van der Waals surface area contributed by atoms with Gasteiger partial charge in [0.15, 0.2) is 11.5 Å². The Labute approximate surface area is 160 Å². The molecule has 0 aliphatic rings. The number of aromatic nitrogens is 3. The number of oxazole rings is 1. The largest absolute Gasteiger partial charge is 0.440 e. The van der Waals surface area contributed by atoms with Crippen LogP contribution in [-0.4, -0.2) is 27.2 Å². The fraction of sp³-hybridized carbons (Fsp3) is 0.150. The van der Waals surface area contributed by atoms with Crippen LogP contribution < -0.4 is 5.32 Å². The molecule has 4 rings (SSSR count). The summed E-state index contributed by atoms with van der Waals surface area (Å²) in [4.78, 5) is 16.8. The van der Waals surface area contributed by atoms with Gasteiger partial charge in [-0.05, 0) is 42.0 Å². The van der Waals surface area contributed by atoms with Crippen molar-refractivity contribution in [2.45, 2.75) is 13.0 Å². The zero-order valence-corrected chi connectivity index (χ0v) is 15.2. The molecular weight excluding hydrogens is 364 g/mol. The van der Waals surface area contributed by atoms with E-state index >= 15 is 0 Å². The third-order valence-electron chi connectivity index (χ3n) is 4.12. The molecule has 2 aromatic heterocycles. The number of carbonyl (C=O) groups excluding carboxylic acids is 1. The third-order valence-corrected chi connectivity index (χ3v) is 4.36. The topological polar surface area (TPSA) is 73.0 Å². The minimum atomic E-state index is -0.156. The van der Waals surface area contributed by atoms with Crippen LogP contribution in [0.25, 0.3) is 11.1 Å². The predicted molar refractivity (Wildman–Crippen MR) is 103 cm³/mol. The van der Waals surface area contributed by atoms with E-state index in [2.05, 4.69) is 15.4 Å². The zero-order valence-electron chi connectivity index (χ0n) is 14.4. The number of nitrogens with one attached hydrogen (secondary N) is 1. The average molecular weight is 381 g/mol. The van der Waals surface area contributed by atoms with Gasteiger partial charge in [-0.3, -0.25) is 9.48 Å². The van der Waals surface area contributed by atoms with E-state index in [0.29, 0.717) is 41.6 Å². The number of fused-ring (bicyclic) bond motifs is 1. The summed E-state index contributed by atoms with van der Waals surface area (Å²) in [5.74, 6) is 0.431. The van der Waals surface area contributed by atoms with Gasteiger partial charge in [0, 0.05) is 35.9 Å². The molecule has 1 amide bonds. The van der Waals surface area contributed by atoms with Crippen LogP contribution in [0, 0.1) is 0 Å². The Bertz CT molecular complexity index is 1070. The van der Waals surface area contributed by atoms with Crippen molar-refractivity contribution < 1.29 is 9.21 Å². The van der Waals surface area contributed by atoms with Crippen molar-refractivity contribution in [2.24, 2.45) is 0 Å². The van der Waals surface area contributed by atoms with Gasteiger partial charge >= 0.3 is 0 Å². The molecule has 0 saturated carbocycles. The Hall–Kier alpha value is -3.12. The number of nitrogens with zero attached hydrogens (tertiary/aromatic N) is 3. The van der Waals surface area contributed by atoms with Crippen molar-refractivity contribution in [1.82, 2.24) is 20.1 Å². The number of benzene rings is 2. The highest BCUT2D eigenvalue weighted by Gasteiger charge is 2.11. The van der Waals surface area contributed by atoms with Crippen LogP contribution in [0.3, 0.4) is 0 Å². The minimum Gasteiger partial charge on any atom is -0.440 e. The molecule has 0 saturated heterocycles. The molecule has 2 heterocycles. The van der Waals surface area contributed by atoms with Crippen molar-refractivity contribution in [3.63, 3.8) is 0 Å². The van der Waals surface area contributed by atoms with Crippen molar-refractivity contribution in [3.05, 3.63) is 83.0 Å². The smallest absolute Gasteiger partial charge is 0.251 e. The summed E-state index contributed by atoms with van der Waals surface area (Å²) in [7, 11) is 0. The van der Waals surface area contributed by atoms with E-state index in [1.807, 2.05) is 36.5 Å². The van der Waals surface area contributed by atoms with Gasteiger partial charge in [-0.1, -0.05) is 23.7 Å². The second-order valence-corrected chi connectivity index (χ2v) is 6.56. The molecule has 0 unspecified atom stereocenters. The molecule has 7 heteroatoms. The van der Waals surface area contributed by atoms with E-state index in [1.54, 1.807) is 29.1 Å². The molecule has 0 bridgehead atoms. The Morgan fingerprint density at radius 3 is 2.93 bits per heavy atom. The van der Waals surface area contributed by atoms with Crippen LogP contribution in [0.4, 0.5) is 0 Å². The maximum absolute atomic E-state index is 12.3. The molecule has 0 aliphatic carbocycles. The Balaban J connectivity index is 1.44. The highest BCUT2D eigenvalue weighted by Crippen LogP contribution is 2.20. The predicted octanol–water partition coefficient (Wildman–Crippen LogP) is 3.70. The molecule has 0 spiro atoms. The molecule has 2 aromatic carbocycles. The fourth-order valence-corrected chi connectivity index (χ4v) is 3.04. The summed E-state index contributed by atoms with van der Waals surface area (Å²) < 4.78 is 7.58. The molecule has 0 atom stereocenters. The molecule has 4 aromatic rings. The van der Waals surface area contributed by atoms with Crippen molar-refractivity contribution >= 4 is 28.6 Å². The van der Waals surface area contributed by atoms with Crippen LogP contribution in [0.5, 0.6) is 0 Å². The summed E-state index contributed by atoms with van der Waals surface area (Å²) in [6.45, 7) is 1.11. The first kappa shape index (κ1) is 17.3. The molecule has 0 radical (unpaired) electrons. The number of rotatable bonds is 6. The van der Waals surface area contributed by atoms with Crippen LogP contribution in [0.15, 0.2) is 65.3 Å². The Morgan fingerprint density at radius 2 is 2.11 bits per heavy atom. The summed E-state index contributed by atoms with van der Waals surface area (Å²) in [6.07, 6.45) is 4.11. The second kappa shape index (κ2) is 7.63. The zero-order chi connectivity index (χ0) is 18.6. The van der Waals surface area contributed by atoms with Gasteiger partial charge in [0.2, 0.25) is 0 Å². The molecule has 27 heavy (non-hydrogen) atoms. The lowest BCUT2D eigenvalue weighted by Gasteiger charge is -2.05. The van der Waals surface area contributed by atoms with E-state index in [9.17, 15) is 4.79 Å². The van der Waals surface area contributed by atoms with Gasteiger partial charge in [-0.25, -0.2) is 4.98 Å². The third kappa shape index (κ3) is 4.17. The summed E-state index contributed by atoms with van der Waals surface area (Å²) in [5.41, 5.74) is 2.87. The maximum atomic E-state index is 12.3. The Kier molecular flexibility index (Phi) is 4.89. The fourth-order valence-electron chi connectivity index (χ4n) is 2.83. The Morgan fingerprint density at radius 1 is 1.19 bits per heavy atom. The number of halogens is 1. The van der Waals surface area contributed by atoms with Gasteiger partial charge in [0.05, 0.1) is 6.54 Å². The van der Waals surface area contributed by atoms with Crippen molar-refractivity contribution in [2.75, 3.05) is 6.54 Å². The average Bonchev–Trinajstić information content (AvgIpc) is 3.30. The van der Waals surface area contributed by atoms with Crippen molar-refractivity contribution in [3.8, 4) is 0 Å². The summed E-state index contributed by atoms with van der Waals surface area (Å²) >= 11 is 6.02. The number of amides is 1. The molecule has 6 nitrogen and oxygen atoms in total. The van der Waals surface area contributed by atoms with Gasteiger partial charge in [0.25, 0.3) is 5.91 Å². The molecule has 0 aliphatic heterocycles. The normalized spacial score (nSPS) is 11.0. The SMILES string of the molecule is O=C(NCCn1cccn1)c1ccc2nc(Cc3cccc(Cl)c3)oc2c1. The second-order valence-electron chi connectivity index (χ2n) is 6.12. The molecular formula is C20H17ClN4O2. The lowest BCUT2D eigenvalue weighted by Crippen LogP contribution is -2.27. The maximum Gasteiger partial charge on any atom is 0.251 e. The molecule has 136 valence electrons. The summed E-state index contributed by atoms with van der Waals surface area (Å²) in [6, 6.07) is 14.7. The van der Waals surface area contributed by atoms with Crippen LogP contribution in [0.1, 0.15) is 21.8 Å². The standard InChI is InChI=1S/C20H17ClN4O2/c21-16-4-1-3-14(11-16)12-19-24-17-6-5-15(13-18(17)27-19)20(26)22-8-10-25-9-2-7-23-25/h1-7,9,11,13H,8,10,12H2,(H,22,26). The van der Waals surface area contributed by atoms with E-state index in [-0.39, 0.29) is 5.91 Å². The minimum absolute atomic E-state index is 0.156. The van der Waals surface area contributed by atoms with Gasteiger partial charge in [0.1, 0.15) is 5.52 Å². The first-order valence-corrected chi connectivity index (χ1v) is 8.95. The number of hydrogen-bond acceptors (Lipinski definition) is 4. The highest BCUT2D eigenvalue weighted by molar-refractivity contribution is 6.30. The number of hydrogen-bond donors (Lipinski definition) is 1. The first-order chi connectivity index (χ1) is 13.2. The monoisotopic (exact) mass is 380 g/mol. The molecule has 0 fully saturated rings. The van der Waals surface area contributed by atoms with Gasteiger partial charge < -0.3 is 9.73 Å².